The zero-order chi connectivity index (χ0) is 17.6. The first-order valence-electron chi connectivity index (χ1n) is 7.16. The van der Waals surface area contributed by atoms with Crippen LogP contribution >= 0.6 is 0 Å². The summed E-state index contributed by atoms with van der Waals surface area (Å²) in [4.78, 5) is 23.1. The number of carbonyl (C=O) groups is 2. The number of amides is 1. The monoisotopic (exact) mass is 352 g/mol. The van der Waals surface area contributed by atoms with Crippen molar-refractivity contribution in [3.05, 3.63) is 29.8 Å². The van der Waals surface area contributed by atoms with Crippen LogP contribution in [-0.4, -0.2) is 51.1 Å². The number of carbonyl (C=O) groups excluding carboxylic acids is 2. The van der Waals surface area contributed by atoms with E-state index in [1.807, 2.05) is 6.07 Å². The molecule has 1 atom stereocenters. The summed E-state index contributed by atoms with van der Waals surface area (Å²) in [5.74, 6) is -0.922. The van der Waals surface area contributed by atoms with Crippen molar-refractivity contribution in [1.82, 2.24) is 5.32 Å². The molecule has 0 aliphatic carbocycles. The Balaban J connectivity index is 1.67. The third-order valence-corrected chi connectivity index (χ3v) is 5.07. The fourth-order valence-corrected chi connectivity index (χ4v) is 3.81. The fourth-order valence-electron chi connectivity index (χ4n) is 2.13. The Hall–Kier alpha value is -2.60. The van der Waals surface area contributed by atoms with Crippen molar-refractivity contribution >= 4 is 21.7 Å². The number of nitriles is 1. The van der Waals surface area contributed by atoms with E-state index in [4.69, 9.17) is 14.7 Å². The average Bonchev–Trinajstić information content (AvgIpc) is 2.90. The highest BCUT2D eigenvalue weighted by Crippen LogP contribution is 2.12. The van der Waals surface area contributed by atoms with Crippen molar-refractivity contribution in [3.63, 3.8) is 0 Å². The van der Waals surface area contributed by atoms with Crippen LogP contribution in [0.5, 0.6) is 5.75 Å². The predicted octanol–water partition coefficient (Wildman–Crippen LogP) is -0.216. The first-order valence-corrected chi connectivity index (χ1v) is 8.98. The van der Waals surface area contributed by atoms with Crippen LogP contribution in [0, 0.1) is 11.3 Å². The molecule has 0 unspecified atom stereocenters. The molecule has 1 fully saturated rings. The number of ether oxygens (including phenoxy) is 2. The van der Waals surface area contributed by atoms with E-state index in [1.54, 1.807) is 24.3 Å². The van der Waals surface area contributed by atoms with E-state index in [9.17, 15) is 18.0 Å². The molecule has 1 saturated heterocycles. The molecule has 1 aromatic rings. The number of hydrogen-bond donors (Lipinski definition) is 1. The molecule has 1 aromatic carbocycles. The summed E-state index contributed by atoms with van der Waals surface area (Å²) in [6, 6.07) is 7.70. The van der Waals surface area contributed by atoms with Gasteiger partial charge >= 0.3 is 5.97 Å². The SMILES string of the molecule is N#Cc1ccc(OCC(=O)OCC(=O)N[C@@H]2CCS(=O)(=O)C2)cc1. The Bertz CT molecular complexity index is 751. The van der Waals surface area contributed by atoms with E-state index in [2.05, 4.69) is 5.32 Å². The lowest BCUT2D eigenvalue weighted by Gasteiger charge is -2.11. The van der Waals surface area contributed by atoms with Crippen LogP contribution in [0.2, 0.25) is 0 Å². The molecule has 1 aliphatic rings. The van der Waals surface area contributed by atoms with Crippen LogP contribution in [-0.2, 0) is 24.2 Å². The standard InChI is InChI=1S/C15H16N2O6S/c16-7-11-1-3-13(4-2-11)22-9-15(19)23-8-14(18)17-12-5-6-24(20,21)10-12/h1-4,12H,5-6,8-10H2,(H,17,18)/t12-/m1/s1. The summed E-state index contributed by atoms with van der Waals surface area (Å²) in [5, 5.41) is 11.2. The molecule has 24 heavy (non-hydrogen) atoms. The van der Waals surface area contributed by atoms with Crippen LogP contribution in [0.15, 0.2) is 24.3 Å². The molecule has 1 aliphatic heterocycles. The highest BCUT2D eigenvalue weighted by atomic mass is 32.2. The Morgan fingerprint density at radius 2 is 1.96 bits per heavy atom. The van der Waals surface area contributed by atoms with E-state index < -0.39 is 34.4 Å². The highest BCUT2D eigenvalue weighted by Gasteiger charge is 2.29. The van der Waals surface area contributed by atoms with E-state index in [-0.39, 0.29) is 18.1 Å². The van der Waals surface area contributed by atoms with Gasteiger partial charge in [0, 0.05) is 6.04 Å². The molecule has 0 saturated carbocycles. The Labute approximate surface area is 139 Å². The van der Waals surface area contributed by atoms with Gasteiger partial charge in [0.1, 0.15) is 5.75 Å². The van der Waals surface area contributed by atoms with E-state index in [1.165, 1.54) is 0 Å². The van der Waals surface area contributed by atoms with E-state index >= 15 is 0 Å². The van der Waals surface area contributed by atoms with Crippen molar-refractivity contribution in [1.29, 1.82) is 5.26 Å². The Morgan fingerprint density at radius 3 is 2.54 bits per heavy atom. The van der Waals surface area contributed by atoms with Crippen molar-refractivity contribution in [2.75, 3.05) is 24.7 Å². The molecule has 1 N–H and O–H groups in total. The maximum atomic E-state index is 11.6. The Morgan fingerprint density at radius 1 is 1.25 bits per heavy atom. The number of hydrogen-bond acceptors (Lipinski definition) is 7. The molecule has 128 valence electrons. The second-order valence-electron chi connectivity index (χ2n) is 5.25. The lowest BCUT2D eigenvalue weighted by Crippen LogP contribution is -2.38. The van der Waals surface area contributed by atoms with Gasteiger partial charge in [-0.25, -0.2) is 13.2 Å². The van der Waals surface area contributed by atoms with Crippen molar-refractivity contribution < 1.29 is 27.5 Å². The van der Waals surface area contributed by atoms with Crippen LogP contribution in [0.25, 0.3) is 0 Å². The number of nitrogens with one attached hydrogen (secondary N) is 1. The Kier molecular flexibility index (Phi) is 5.76. The molecular weight excluding hydrogens is 336 g/mol. The highest BCUT2D eigenvalue weighted by molar-refractivity contribution is 7.91. The zero-order valence-electron chi connectivity index (χ0n) is 12.7. The van der Waals surface area contributed by atoms with Gasteiger partial charge in [-0.1, -0.05) is 0 Å². The van der Waals surface area contributed by atoms with E-state index in [0.29, 0.717) is 17.7 Å². The minimum Gasteiger partial charge on any atom is -0.482 e. The van der Waals surface area contributed by atoms with Gasteiger partial charge in [0.25, 0.3) is 5.91 Å². The maximum absolute atomic E-state index is 11.6. The van der Waals surface area contributed by atoms with Gasteiger partial charge in [-0.2, -0.15) is 5.26 Å². The molecule has 0 spiro atoms. The second-order valence-corrected chi connectivity index (χ2v) is 7.48. The first-order chi connectivity index (χ1) is 11.4. The van der Waals surface area contributed by atoms with Crippen LogP contribution in [0.1, 0.15) is 12.0 Å². The molecule has 2 rings (SSSR count). The predicted molar refractivity (Wildman–Crippen MR) is 82.8 cm³/mol. The van der Waals surface area contributed by atoms with Gasteiger partial charge in [0.15, 0.2) is 23.1 Å². The number of nitrogens with zero attached hydrogens (tertiary/aromatic N) is 1. The lowest BCUT2D eigenvalue weighted by molar-refractivity contribution is -0.150. The first kappa shape index (κ1) is 17.7. The number of benzene rings is 1. The maximum Gasteiger partial charge on any atom is 0.344 e. The average molecular weight is 352 g/mol. The van der Waals surface area contributed by atoms with Gasteiger partial charge in [-0.05, 0) is 30.7 Å². The topological polar surface area (TPSA) is 123 Å². The molecular formula is C15H16N2O6S. The van der Waals surface area contributed by atoms with Crippen molar-refractivity contribution in [2.45, 2.75) is 12.5 Å². The summed E-state index contributed by atoms with van der Waals surface area (Å²) >= 11 is 0. The van der Waals surface area contributed by atoms with Gasteiger partial charge in [-0.15, -0.1) is 0 Å². The summed E-state index contributed by atoms with van der Waals surface area (Å²) in [6.07, 6.45) is 0.365. The largest absolute Gasteiger partial charge is 0.482 e. The minimum absolute atomic E-state index is 0.0518. The summed E-state index contributed by atoms with van der Waals surface area (Å²) in [5.41, 5.74) is 0.468. The van der Waals surface area contributed by atoms with Crippen molar-refractivity contribution in [3.8, 4) is 11.8 Å². The van der Waals surface area contributed by atoms with Crippen LogP contribution in [0.3, 0.4) is 0 Å². The van der Waals surface area contributed by atoms with Gasteiger partial charge < -0.3 is 14.8 Å². The normalized spacial score (nSPS) is 18.4. The van der Waals surface area contributed by atoms with Gasteiger partial charge in [0.05, 0.1) is 23.1 Å². The number of esters is 1. The minimum atomic E-state index is -3.08. The zero-order valence-corrected chi connectivity index (χ0v) is 13.5. The molecule has 1 heterocycles. The second kappa shape index (κ2) is 7.79. The van der Waals surface area contributed by atoms with Crippen LogP contribution < -0.4 is 10.1 Å². The van der Waals surface area contributed by atoms with Gasteiger partial charge in [0.2, 0.25) is 0 Å². The smallest absolute Gasteiger partial charge is 0.344 e. The lowest BCUT2D eigenvalue weighted by atomic mass is 10.2. The quantitative estimate of drug-likeness (QED) is 0.702. The molecule has 8 nitrogen and oxygen atoms in total. The molecule has 1 amide bonds. The third kappa shape index (κ3) is 5.55. The number of sulfone groups is 1. The molecule has 0 aromatic heterocycles. The van der Waals surface area contributed by atoms with Crippen LogP contribution in [0.4, 0.5) is 0 Å². The molecule has 9 heteroatoms. The number of rotatable bonds is 6. The summed E-state index contributed by atoms with van der Waals surface area (Å²) < 4.78 is 32.5. The fraction of sp³-hybridized carbons (Fsp3) is 0.400. The summed E-state index contributed by atoms with van der Waals surface area (Å²) in [6.45, 7) is -0.872. The molecule has 0 bridgehead atoms. The van der Waals surface area contributed by atoms with Gasteiger partial charge in [-0.3, -0.25) is 4.79 Å². The van der Waals surface area contributed by atoms with E-state index in [0.717, 1.165) is 0 Å². The van der Waals surface area contributed by atoms with Crippen molar-refractivity contribution in [2.24, 2.45) is 0 Å². The molecule has 0 radical (unpaired) electrons. The summed E-state index contributed by atoms with van der Waals surface area (Å²) in [7, 11) is -3.08. The third-order valence-electron chi connectivity index (χ3n) is 3.30.